The number of piperidine rings is 1. The lowest BCUT2D eigenvalue weighted by Gasteiger charge is -2.25. The molecule has 0 aliphatic carbocycles. The summed E-state index contributed by atoms with van der Waals surface area (Å²) in [5.74, 6) is -0.0861. The van der Waals surface area contributed by atoms with E-state index in [2.05, 4.69) is 89.8 Å². The van der Waals surface area contributed by atoms with Crippen LogP contribution in [0.25, 0.3) is 0 Å². The highest BCUT2D eigenvalue weighted by molar-refractivity contribution is 7.97. The first-order chi connectivity index (χ1) is 15.8. The van der Waals surface area contributed by atoms with Gasteiger partial charge in [0.15, 0.2) is 14.7 Å². The standard InChI is InChI=1S/C28H32NO2S/c30-28(23-29-20-8-3-9-21-29)31-22-10-11-24-16-18-27(19-17-24)32(25-12-4-1-5-13-25)26-14-6-2-7-15-26/h1-2,4-7,12-19H,3,8-11,20-23H2/q+1. The van der Waals surface area contributed by atoms with E-state index in [4.69, 9.17) is 4.74 Å². The zero-order chi connectivity index (χ0) is 22.0. The lowest BCUT2D eigenvalue weighted by Crippen LogP contribution is -2.35. The minimum absolute atomic E-state index is 0.0861. The lowest BCUT2D eigenvalue weighted by molar-refractivity contribution is -0.145. The summed E-state index contributed by atoms with van der Waals surface area (Å²) in [5, 5.41) is 0. The Kier molecular flexibility index (Phi) is 8.41. The number of rotatable bonds is 9. The molecule has 0 aromatic heterocycles. The smallest absolute Gasteiger partial charge is 0.320 e. The van der Waals surface area contributed by atoms with Gasteiger partial charge in [-0.25, -0.2) is 0 Å². The molecule has 0 bridgehead atoms. The first kappa shape index (κ1) is 22.6. The third-order valence-corrected chi connectivity index (χ3v) is 8.02. The number of benzene rings is 3. The second-order valence-corrected chi connectivity index (χ2v) is 10.3. The monoisotopic (exact) mass is 446 g/mol. The molecule has 4 heteroatoms. The molecule has 4 rings (SSSR count). The van der Waals surface area contributed by atoms with Gasteiger partial charge >= 0.3 is 5.97 Å². The fourth-order valence-electron chi connectivity index (χ4n) is 4.12. The molecule has 3 aromatic carbocycles. The minimum Gasteiger partial charge on any atom is -0.465 e. The predicted octanol–water partition coefficient (Wildman–Crippen LogP) is 5.74. The van der Waals surface area contributed by atoms with Crippen molar-refractivity contribution in [1.82, 2.24) is 4.90 Å². The van der Waals surface area contributed by atoms with Crippen LogP contribution in [-0.2, 0) is 26.8 Å². The zero-order valence-corrected chi connectivity index (χ0v) is 19.4. The van der Waals surface area contributed by atoms with Crippen LogP contribution in [0.3, 0.4) is 0 Å². The van der Waals surface area contributed by atoms with Gasteiger partial charge in [0.05, 0.1) is 24.0 Å². The van der Waals surface area contributed by atoms with Gasteiger partial charge in [0.25, 0.3) is 0 Å². The summed E-state index contributed by atoms with van der Waals surface area (Å²) >= 11 is 0. The maximum absolute atomic E-state index is 12.0. The molecular weight excluding hydrogens is 414 g/mol. The van der Waals surface area contributed by atoms with Crippen molar-refractivity contribution in [1.29, 1.82) is 0 Å². The van der Waals surface area contributed by atoms with Crippen molar-refractivity contribution < 1.29 is 9.53 Å². The highest BCUT2D eigenvalue weighted by Gasteiger charge is 2.28. The van der Waals surface area contributed by atoms with Gasteiger partial charge in [-0.3, -0.25) is 9.69 Å². The number of hydrogen-bond donors (Lipinski definition) is 0. The van der Waals surface area contributed by atoms with Crippen LogP contribution in [0, 0.1) is 0 Å². The molecule has 0 radical (unpaired) electrons. The van der Waals surface area contributed by atoms with E-state index in [1.807, 2.05) is 0 Å². The lowest BCUT2D eigenvalue weighted by atomic mass is 10.1. The van der Waals surface area contributed by atoms with E-state index in [9.17, 15) is 4.79 Å². The predicted molar refractivity (Wildman–Crippen MR) is 131 cm³/mol. The maximum Gasteiger partial charge on any atom is 0.320 e. The summed E-state index contributed by atoms with van der Waals surface area (Å²) in [6.45, 7) is 2.98. The van der Waals surface area contributed by atoms with Gasteiger partial charge in [-0.1, -0.05) is 55.0 Å². The van der Waals surface area contributed by atoms with Crippen LogP contribution in [0.5, 0.6) is 0 Å². The molecule has 0 atom stereocenters. The third kappa shape index (κ3) is 6.47. The summed E-state index contributed by atoms with van der Waals surface area (Å²) < 4.78 is 5.46. The van der Waals surface area contributed by atoms with Crippen LogP contribution in [0.4, 0.5) is 0 Å². The van der Waals surface area contributed by atoms with E-state index in [1.54, 1.807) is 0 Å². The Morgan fingerprint density at radius 1 is 0.750 bits per heavy atom. The summed E-state index contributed by atoms with van der Waals surface area (Å²) in [7, 11) is -0.114. The van der Waals surface area contributed by atoms with Crippen molar-refractivity contribution in [2.45, 2.75) is 46.8 Å². The van der Waals surface area contributed by atoms with E-state index in [-0.39, 0.29) is 16.9 Å². The molecular formula is C28H32NO2S+. The molecule has 1 saturated heterocycles. The van der Waals surface area contributed by atoms with Gasteiger partial charge in [-0.2, -0.15) is 0 Å². The minimum atomic E-state index is -0.114. The highest BCUT2D eigenvalue weighted by Crippen LogP contribution is 2.31. The van der Waals surface area contributed by atoms with Gasteiger partial charge in [-0.05, 0) is 80.7 Å². The summed E-state index contributed by atoms with van der Waals surface area (Å²) in [5.41, 5.74) is 1.28. The molecule has 1 aliphatic heterocycles. The Morgan fingerprint density at radius 3 is 1.91 bits per heavy atom. The number of carbonyl (C=O) groups excluding carboxylic acids is 1. The van der Waals surface area contributed by atoms with Gasteiger partial charge in [-0.15, -0.1) is 0 Å². The summed E-state index contributed by atoms with van der Waals surface area (Å²) in [4.78, 5) is 18.2. The van der Waals surface area contributed by atoms with Gasteiger partial charge in [0.1, 0.15) is 0 Å². The first-order valence-corrected chi connectivity index (χ1v) is 12.8. The second-order valence-electron chi connectivity index (χ2n) is 8.24. The number of hydrogen-bond acceptors (Lipinski definition) is 3. The number of likely N-dealkylation sites (tertiary alicyclic amines) is 1. The van der Waals surface area contributed by atoms with Crippen molar-refractivity contribution in [2.24, 2.45) is 0 Å². The molecule has 1 heterocycles. The Hall–Kier alpha value is -2.56. The molecule has 32 heavy (non-hydrogen) atoms. The van der Waals surface area contributed by atoms with Gasteiger partial charge in [0.2, 0.25) is 0 Å². The largest absolute Gasteiger partial charge is 0.465 e. The van der Waals surface area contributed by atoms with Crippen LogP contribution in [-0.4, -0.2) is 37.1 Å². The SMILES string of the molecule is O=C(CN1CCCCC1)OCCCc1ccc([S+](c2ccccc2)c2ccccc2)cc1. The Labute approximate surface area is 194 Å². The first-order valence-electron chi connectivity index (χ1n) is 11.6. The van der Waals surface area contributed by atoms with Crippen LogP contribution in [0.1, 0.15) is 31.2 Å². The second kappa shape index (κ2) is 11.9. The molecule has 166 valence electrons. The van der Waals surface area contributed by atoms with E-state index < -0.39 is 0 Å². The Morgan fingerprint density at radius 2 is 1.31 bits per heavy atom. The van der Waals surface area contributed by atoms with E-state index in [0.29, 0.717) is 13.2 Å². The Bertz CT molecular complexity index is 914. The normalized spacial score (nSPS) is 14.4. The molecule has 0 N–H and O–H groups in total. The molecule has 0 unspecified atom stereocenters. The molecule has 0 spiro atoms. The molecule has 3 aromatic rings. The molecule has 1 aliphatic rings. The van der Waals surface area contributed by atoms with E-state index in [0.717, 1.165) is 25.9 Å². The van der Waals surface area contributed by atoms with Gasteiger partial charge < -0.3 is 4.74 Å². The van der Waals surface area contributed by atoms with Gasteiger partial charge in [0, 0.05) is 0 Å². The number of nitrogens with zero attached hydrogens (tertiary/aromatic N) is 1. The fourth-order valence-corrected chi connectivity index (χ4v) is 6.20. The van der Waals surface area contributed by atoms with Crippen LogP contribution in [0.2, 0.25) is 0 Å². The highest BCUT2D eigenvalue weighted by atomic mass is 32.2. The van der Waals surface area contributed by atoms with Crippen LogP contribution in [0.15, 0.2) is 99.6 Å². The van der Waals surface area contributed by atoms with Crippen LogP contribution < -0.4 is 0 Å². The number of aryl methyl sites for hydroxylation is 1. The molecule has 0 amide bonds. The topological polar surface area (TPSA) is 29.5 Å². The average Bonchev–Trinajstić information content (AvgIpc) is 2.85. The third-order valence-electron chi connectivity index (χ3n) is 5.79. The quantitative estimate of drug-likeness (QED) is 0.238. The number of esters is 1. The van der Waals surface area contributed by atoms with Crippen molar-refractivity contribution in [2.75, 3.05) is 26.2 Å². The van der Waals surface area contributed by atoms with Crippen molar-refractivity contribution in [3.63, 3.8) is 0 Å². The van der Waals surface area contributed by atoms with E-state index in [1.165, 1.54) is 39.5 Å². The van der Waals surface area contributed by atoms with Crippen LogP contribution >= 0.6 is 0 Å². The molecule has 1 fully saturated rings. The maximum atomic E-state index is 12.0. The zero-order valence-electron chi connectivity index (χ0n) is 18.6. The van der Waals surface area contributed by atoms with Crippen molar-refractivity contribution >= 4 is 16.9 Å². The number of ether oxygens (including phenoxy) is 1. The Balaban J connectivity index is 1.31. The average molecular weight is 447 g/mol. The fraction of sp³-hybridized carbons (Fsp3) is 0.321. The summed E-state index contributed by atoms with van der Waals surface area (Å²) in [6, 6.07) is 30.4. The molecule has 3 nitrogen and oxygen atoms in total. The van der Waals surface area contributed by atoms with Crippen molar-refractivity contribution in [3.8, 4) is 0 Å². The number of carbonyl (C=O) groups is 1. The summed E-state index contributed by atoms with van der Waals surface area (Å²) in [6.07, 6.45) is 5.44. The van der Waals surface area contributed by atoms with Crippen molar-refractivity contribution in [3.05, 3.63) is 90.5 Å². The van der Waals surface area contributed by atoms with E-state index >= 15 is 0 Å². The molecule has 0 saturated carbocycles.